The Morgan fingerprint density at radius 1 is 1.09 bits per heavy atom. The Labute approximate surface area is 190 Å². The average molecular weight is 451 g/mol. The first kappa shape index (κ1) is 21.8. The second-order valence-electron chi connectivity index (χ2n) is 7.63. The number of carbonyl (C=O) groups is 1. The van der Waals surface area contributed by atoms with Gasteiger partial charge in [-0.3, -0.25) is 14.7 Å². The third-order valence-corrected chi connectivity index (χ3v) is 5.59. The van der Waals surface area contributed by atoms with Gasteiger partial charge in [-0.25, -0.2) is 14.5 Å². The summed E-state index contributed by atoms with van der Waals surface area (Å²) in [5.41, 5.74) is 2.68. The molecule has 8 heteroatoms. The number of nitrogens with one attached hydrogen (secondary N) is 1. The summed E-state index contributed by atoms with van der Waals surface area (Å²) in [7, 11) is 0. The molecule has 2 heterocycles. The van der Waals surface area contributed by atoms with E-state index in [-0.39, 0.29) is 11.3 Å². The van der Waals surface area contributed by atoms with Crippen LogP contribution in [-0.2, 0) is 6.42 Å². The molecule has 0 fully saturated rings. The van der Waals surface area contributed by atoms with E-state index in [0.29, 0.717) is 35.9 Å². The SMILES string of the molecule is CC(=O)c1ccc(-c2nc(CCCCOc3ccc(Cl)c(C)c3)n3[nH]c(=O)cc3n2)cc1. The van der Waals surface area contributed by atoms with E-state index in [1.807, 2.05) is 37.3 Å². The van der Waals surface area contributed by atoms with Gasteiger partial charge >= 0.3 is 0 Å². The Morgan fingerprint density at radius 2 is 1.88 bits per heavy atom. The van der Waals surface area contributed by atoms with Crippen LogP contribution in [0.1, 0.15) is 41.5 Å². The highest BCUT2D eigenvalue weighted by Crippen LogP contribution is 2.21. The molecule has 1 N–H and O–H groups in total. The topological polar surface area (TPSA) is 89.3 Å². The maximum Gasteiger partial charge on any atom is 0.266 e. The number of fused-ring (bicyclic) bond motifs is 1. The summed E-state index contributed by atoms with van der Waals surface area (Å²) in [4.78, 5) is 32.6. The predicted octanol–water partition coefficient (Wildman–Crippen LogP) is 4.65. The zero-order valence-electron chi connectivity index (χ0n) is 17.9. The number of ether oxygens (including phenoxy) is 1. The lowest BCUT2D eigenvalue weighted by Gasteiger charge is -2.09. The molecule has 0 bridgehead atoms. The van der Waals surface area contributed by atoms with Crippen molar-refractivity contribution in [2.24, 2.45) is 0 Å². The quantitative estimate of drug-likeness (QED) is 0.311. The molecule has 0 radical (unpaired) electrons. The number of nitrogens with zero attached hydrogens (tertiary/aromatic N) is 3. The van der Waals surface area contributed by atoms with Crippen molar-refractivity contribution in [3.63, 3.8) is 0 Å². The molecule has 0 unspecified atom stereocenters. The van der Waals surface area contributed by atoms with Crippen molar-refractivity contribution in [3.8, 4) is 17.1 Å². The minimum Gasteiger partial charge on any atom is -0.494 e. The van der Waals surface area contributed by atoms with Crippen LogP contribution in [0.2, 0.25) is 5.02 Å². The third kappa shape index (κ3) is 4.89. The fraction of sp³-hybridized carbons (Fsp3) is 0.250. The van der Waals surface area contributed by atoms with Gasteiger partial charge < -0.3 is 4.74 Å². The molecule has 0 aliphatic carbocycles. The Kier molecular flexibility index (Phi) is 6.37. The molecule has 0 saturated carbocycles. The second kappa shape index (κ2) is 9.36. The third-order valence-electron chi connectivity index (χ3n) is 5.17. The lowest BCUT2D eigenvalue weighted by molar-refractivity contribution is 0.101. The van der Waals surface area contributed by atoms with E-state index in [1.54, 1.807) is 16.6 Å². The molecular weight excluding hydrogens is 428 g/mol. The first-order valence-corrected chi connectivity index (χ1v) is 10.8. The number of unbranched alkanes of at least 4 members (excludes halogenated alkanes) is 1. The number of benzene rings is 2. The van der Waals surface area contributed by atoms with Crippen LogP contribution in [0.25, 0.3) is 17.0 Å². The van der Waals surface area contributed by atoms with Crippen LogP contribution in [0, 0.1) is 6.92 Å². The molecule has 164 valence electrons. The molecule has 0 saturated heterocycles. The minimum atomic E-state index is -0.230. The number of ketones is 1. The van der Waals surface area contributed by atoms with Gasteiger partial charge in [-0.1, -0.05) is 35.9 Å². The number of aromatic amines is 1. The molecule has 4 aromatic rings. The van der Waals surface area contributed by atoms with Gasteiger partial charge in [0.1, 0.15) is 11.6 Å². The summed E-state index contributed by atoms with van der Waals surface area (Å²) in [5.74, 6) is 2.02. The van der Waals surface area contributed by atoms with Gasteiger partial charge in [0.2, 0.25) is 0 Å². The summed E-state index contributed by atoms with van der Waals surface area (Å²) in [6.07, 6.45) is 2.29. The summed E-state index contributed by atoms with van der Waals surface area (Å²) in [6.45, 7) is 4.04. The molecule has 32 heavy (non-hydrogen) atoms. The first-order chi connectivity index (χ1) is 15.4. The smallest absolute Gasteiger partial charge is 0.266 e. The minimum absolute atomic E-state index is 0.00164. The van der Waals surface area contributed by atoms with Crippen LogP contribution in [0.4, 0.5) is 0 Å². The highest BCUT2D eigenvalue weighted by molar-refractivity contribution is 6.31. The van der Waals surface area contributed by atoms with Crippen LogP contribution in [0.5, 0.6) is 5.75 Å². The normalized spacial score (nSPS) is 11.1. The highest BCUT2D eigenvalue weighted by Gasteiger charge is 2.11. The van der Waals surface area contributed by atoms with E-state index in [0.717, 1.165) is 34.7 Å². The zero-order valence-corrected chi connectivity index (χ0v) is 18.6. The van der Waals surface area contributed by atoms with Gasteiger partial charge in [-0.2, -0.15) is 0 Å². The van der Waals surface area contributed by atoms with E-state index < -0.39 is 0 Å². The van der Waals surface area contributed by atoms with Gasteiger partial charge in [0.05, 0.1) is 6.61 Å². The van der Waals surface area contributed by atoms with Crippen molar-refractivity contribution < 1.29 is 9.53 Å². The van der Waals surface area contributed by atoms with Crippen molar-refractivity contribution >= 4 is 23.0 Å². The Hall–Kier alpha value is -3.45. The van der Waals surface area contributed by atoms with Crippen molar-refractivity contribution in [2.45, 2.75) is 33.1 Å². The molecule has 0 spiro atoms. The van der Waals surface area contributed by atoms with Crippen molar-refractivity contribution in [1.82, 2.24) is 19.6 Å². The van der Waals surface area contributed by atoms with Gasteiger partial charge in [0.15, 0.2) is 17.3 Å². The number of aryl methyl sites for hydroxylation is 2. The molecule has 2 aromatic heterocycles. The van der Waals surface area contributed by atoms with Crippen LogP contribution in [-0.4, -0.2) is 32.0 Å². The fourth-order valence-corrected chi connectivity index (χ4v) is 3.52. The van der Waals surface area contributed by atoms with Gasteiger partial charge in [0.25, 0.3) is 5.56 Å². The monoisotopic (exact) mass is 450 g/mol. The number of H-pyrrole nitrogens is 1. The van der Waals surface area contributed by atoms with Gasteiger partial charge in [-0.15, -0.1) is 0 Å². The van der Waals surface area contributed by atoms with Gasteiger partial charge in [-0.05, 0) is 50.5 Å². The number of hydrogen-bond donors (Lipinski definition) is 1. The number of Topliss-reactive ketones (excluding diaryl/α,β-unsaturated/α-hetero) is 1. The number of halogens is 1. The van der Waals surface area contributed by atoms with Crippen LogP contribution in [0.15, 0.2) is 53.3 Å². The Bertz CT molecular complexity index is 1330. The fourth-order valence-electron chi connectivity index (χ4n) is 3.40. The summed E-state index contributed by atoms with van der Waals surface area (Å²) < 4.78 is 7.44. The number of aromatic nitrogens is 4. The van der Waals surface area contributed by atoms with E-state index in [4.69, 9.17) is 16.3 Å². The molecule has 0 atom stereocenters. The van der Waals surface area contributed by atoms with Crippen molar-refractivity contribution in [3.05, 3.63) is 80.9 Å². The second-order valence-corrected chi connectivity index (χ2v) is 8.03. The maximum absolute atomic E-state index is 11.9. The molecule has 4 rings (SSSR count). The van der Waals surface area contributed by atoms with Crippen molar-refractivity contribution in [2.75, 3.05) is 6.61 Å². The summed E-state index contributed by atoms with van der Waals surface area (Å²) in [6, 6.07) is 14.2. The largest absolute Gasteiger partial charge is 0.494 e. The molecule has 0 aliphatic rings. The molecule has 0 amide bonds. The lowest BCUT2D eigenvalue weighted by atomic mass is 10.1. The molecule has 7 nitrogen and oxygen atoms in total. The predicted molar refractivity (Wildman–Crippen MR) is 124 cm³/mol. The highest BCUT2D eigenvalue weighted by atomic mass is 35.5. The van der Waals surface area contributed by atoms with E-state index in [2.05, 4.69) is 15.1 Å². The van der Waals surface area contributed by atoms with Crippen LogP contribution < -0.4 is 10.3 Å². The molecular formula is C24H23ClN4O3. The van der Waals surface area contributed by atoms with Gasteiger partial charge in [0, 0.05) is 28.6 Å². The Balaban J connectivity index is 1.47. The number of rotatable bonds is 8. The number of carbonyl (C=O) groups excluding carboxylic acids is 1. The van der Waals surface area contributed by atoms with E-state index in [9.17, 15) is 9.59 Å². The van der Waals surface area contributed by atoms with Crippen LogP contribution in [0.3, 0.4) is 0 Å². The molecule has 2 aromatic carbocycles. The standard InChI is InChI=1S/C24H23ClN4O3/c1-15-13-19(10-11-20(15)25)32-12-4-3-5-21-26-24(27-22-14-23(31)28-29(21)22)18-8-6-17(7-9-18)16(2)30/h6-11,13-14H,3-5,12H2,1-2H3,(H,28,31). The summed E-state index contributed by atoms with van der Waals surface area (Å²) in [5, 5.41) is 3.48. The van der Waals surface area contributed by atoms with E-state index in [1.165, 1.54) is 13.0 Å². The first-order valence-electron chi connectivity index (χ1n) is 10.4. The molecule has 0 aliphatic heterocycles. The Morgan fingerprint density at radius 3 is 2.59 bits per heavy atom. The van der Waals surface area contributed by atoms with Crippen molar-refractivity contribution in [1.29, 1.82) is 0 Å². The summed E-state index contributed by atoms with van der Waals surface area (Å²) >= 11 is 6.05. The average Bonchev–Trinajstić information content (AvgIpc) is 3.16. The van der Waals surface area contributed by atoms with Crippen LogP contribution >= 0.6 is 11.6 Å². The number of hydrogen-bond acceptors (Lipinski definition) is 5. The van der Waals surface area contributed by atoms with E-state index >= 15 is 0 Å². The maximum atomic E-state index is 11.9. The lowest BCUT2D eigenvalue weighted by Crippen LogP contribution is -2.09. The zero-order chi connectivity index (χ0) is 22.7.